The van der Waals surface area contributed by atoms with E-state index in [9.17, 15) is 9.18 Å². The molecule has 0 spiro atoms. The summed E-state index contributed by atoms with van der Waals surface area (Å²) in [5, 5.41) is 17.5. The predicted molar refractivity (Wildman–Crippen MR) is 119 cm³/mol. The third kappa shape index (κ3) is 3.78. The third-order valence-corrected chi connectivity index (χ3v) is 5.32. The molecule has 0 radical (unpaired) electrons. The zero-order chi connectivity index (χ0) is 23.0. The van der Waals surface area contributed by atoms with Crippen molar-refractivity contribution < 1.29 is 9.13 Å². The van der Waals surface area contributed by atoms with Crippen LogP contribution in [0.5, 0.6) is 5.75 Å². The van der Waals surface area contributed by atoms with Gasteiger partial charge in [0.25, 0.3) is 5.56 Å². The van der Waals surface area contributed by atoms with Crippen molar-refractivity contribution in [1.29, 1.82) is 10.8 Å². The van der Waals surface area contributed by atoms with E-state index < -0.39 is 17.3 Å². The quantitative estimate of drug-likeness (QED) is 0.364. The van der Waals surface area contributed by atoms with Gasteiger partial charge >= 0.3 is 0 Å². The van der Waals surface area contributed by atoms with Crippen molar-refractivity contribution in [2.45, 2.75) is 13.0 Å². The predicted octanol–water partition coefficient (Wildman–Crippen LogP) is 3.63. The first-order chi connectivity index (χ1) is 15.3. The average molecular weight is 453 g/mol. The van der Waals surface area contributed by atoms with Crippen molar-refractivity contribution >= 4 is 28.3 Å². The highest BCUT2D eigenvalue weighted by Crippen LogP contribution is 2.20. The number of fused-ring (bicyclic) bond motifs is 1. The normalized spacial score (nSPS) is 12.0. The van der Waals surface area contributed by atoms with Gasteiger partial charge in [0, 0.05) is 24.2 Å². The summed E-state index contributed by atoms with van der Waals surface area (Å²) in [6.45, 7) is 1.63. The Hall–Kier alpha value is -3.85. The number of pyridine rings is 4. The first-order valence-electron chi connectivity index (χ1n) is 9.52. The zero-order valence-electron chi connectivity index (χ0n) is 17.1. The lowest BCUT2D eigenvalue weighted by Crippen LogP contribution is -2.36. The molecule has 1 unspecified atom stereocenters. The summed E-state index contributed by atoms with van der Waals surface area (Å²) in [7, 11) is 1.48. The van der Waals surface area contributed by atoms with Gasteiger partial charge in [0.2, 0.25) is 0 Å². The van der Waals surface area contributed by atoms with Crippen molar-refractivity contribution in [3.05, 3.63) is 81.8 Å². The van der Waals surface area contributed by atoms with Crippen LogP contribution in [0.2, 0.25) is 5.02 Å². The molecule has 0 fully saturated rings. The second-order valence-electron chi connectivity index (χ2n) is 7.05. The van der Waals surface area contributed by atoms with Crippen LogP contribution >= 0.6 is 11.6 Å². The maximum absolute atomic E-state index is 14.6. The highest BCUT2D eigenvalue weighted by Gasteiger charge is 2.19. The Morgan fingerprint density at radius 1 is 1.22 bits per heavy atom. The molecule has 4 aromatic heterocycles. The summed E-state index contributed by atoms with van der Waals surface area (Å²) >= 11 is 5.87. The molecule has 0 saturated heterocycles. The van der Waals surface area contributed by atoms with Gasteiger partial charge in [-0.2, -0.15) is 0 Å². The first kappa shape index (κ1) is 21.4. The summed E-state index contributed by atoms with van der Waals surface area (Å²) in [6, 6.07) is 6.83. The van der Waals surface area contributed by atoms with E-state index in [2.05, 4.69) is 9.97 Å². The molecule has 0 aromatic carbocycles. The lowest BCUT2D eigenvalue weighted by Gasteiger charge is -2.20. The van der Waals surface area contributed by atoms with Crippen LogP contribution in [0, 0.1) is 16.6 Å². The van der Waals surface area contributed by atoms with E-state index in [4.69, 9.17) is 27.2 Å². The maximum atomic E-state index is 14.6. The summed E-state index contributed by atoms with van der Waals surface area (Å²) in [4.78, 5) is 21.4. The van der Waals surface area contributed by atoms with Gasteiger partial charge in [-0.1, -0.05) is 11.6 Å². The molecule has 162 valence electrons. The number of methoxy groups -OCH3 is 1. The molecule has 2 N–H and O–H groups in total. The molecule has 4 heterocycles. The fraction of sp³-hybridized carbons (Fsp3) is 0.136. The lowest BCUT2D eigenvalue weighted by atomic mass is 10.1. The molecule has 0 bridgehead atoms. The molecule has 0 aliphatic heterocycles. The Kier molecular flexibility index (Phi) is 5.58. The van der Waals surface area contributed by atoms with E-state index in [1.165, 1.54) is 42.5 Å². The number of halogens is 2. The summed E-state index contributed by atoms with van der Waals surface area (Å²) < 4.78 is 22.1. The number of aromatic nitrogens is 4. The topological polar surface area (TPSA) is 110 Å². The van der Waals surface area contributed by atoms with Crippen molar-refractivity contribution in [1.82, 2.24) is 19.1 Å². The number of hydrogen-bond donors (Lipinski definition) is 2. The summed E-state index contributed by atoms with van der Waals surface area (Å²) in [5.41, 5.74) is 0.405. The Labute approximate surface area is 186 Å². The van der Waals surface area contributed by atoms with E-state index in [0.717, 1.165) is 4.57 Å². The Balaban J connectivity index is 1.79. The molecule has 4 aromatic rings. The van der Waals surface area contributed by atoms with Crippen molar-refractivity contribution in [2.24, 2.45) is 0 Å². The van der Waals surface area contributed by atoms with Crippen LogP contribution in [0.15, 0.2) is 59.9 Å². The molecule has 0 aliphatic rings. The van der Waals surface area contributed by atoms with Crippen LogP contribution < -0.4 is 15.8 Å². The van der Waals surface area contributed by atoms with Crippen LogP contribution in [-0.2, 0) is 0 Å². The largest absolute Gasteiger partial charge is 0.495 e. The molecular weight excluding hydrogens is 435 g/mol. The van der Waals surface area contributed by atoms with Gasteiger partial charge in [0.1, 0.15) is 11.6 Å². The molecule has 0 amide bonds. The zero-order valence-corrected chi connectivity index (χ0v) is 17.9. The minimum Gasteiger partial charge on any atom is -0.495 e. The second-order valence-corrected chi connectivity index (χ2v) is 7.49. The van der Waals surface area contributed by atoms with E-state index in [0.29, 0.717) is 32.9 Å². The Morgan fingerprint density at radius 2 is 2.00 bits per heavy atom. The minimum absolute atomic E-state index is 0.165. The standard InChI is InChI=1S/C22H18ClFN6O2/c1-12(29-6-5-19-16(22(29)31)8-15(32-2)10-28-19)20(25)30-11-13(7-17(24)21(30)26)18-4-3-14(23)9-27-18/h3-12,25-26H,1-2H3. The molecule has 8 nitrogen and oxygen atoms in total. The monoisotopic (exact) mass is 452 g/mol. The van der Waals surface area contributed by atoms with Crippen LogP contribution in [0.3, 0.4) is 0 Å². The van der Waals surface area contributed by atoms with Gasteiger partial charge in [-0.25, -0.2) is 4.39 Å². The van der Waals surface area contributed by atoms with Crippen LogP contribution in [0.25, 0.3) is 22.2 Å². The van der Waals surface area contributed by atoms with E-state index in [1.807, 2.05) is 0 Å². The first-order valence-corrected chi connectivity index (χ1v) is 9.90. The summed E-state index contributed by atoms with van der Waals surface area (Å²) in [6.07, 6.45) is 5.91. The molecular formula is C22H18ClFN6O2. The molecule has 10 heteroatoms. The fourth-order valence-corrected chi connectivity index (χ4v) is 3.42. The van der Waals surface area contributed by atoms with E-state index >= 15 is 0 Å². The Bertz CT molecular complexity index is 1460. The van der Waals surface area contributed by atoms with Gasteiger partial charge in [-0.15, -0.1) is 0 Å². The number of rotatable bonds is 4. The molecule has 0 aliphatic carbocycles. The summed E-state index contributed by atoms with van der Waals surface area (Å²) in [5.74, 6) is -0.554. The highest BCUT2D eigenvalue weighted by molar-refractivity contribution is 6.30. The fourth-order valence-electron chi connectivity index (χ4n) is 3.31. The SMILES string of the molecule is COc1cnc2ccn(C(C)C(=N)n3cc(-c4ccc(Cl)cn4)cc(F)c3=N)c(=O)c2c1. The number of hydrogen-bond acceptors (Lipinski definition) is 6. The molecule has 4 rings (SSSR count). The number of nitrogens with one attached hydrogen (secondary N) is 2. The third-order valence-electron chi connectivity index (χ3n) is 5.10. The van der Waals surface area contributed by atoms with Crippen molar-refractivity contribution in [2.75, 3.05) is 7.11 Å². The molecule has 1 atom stereocenters. The van der Waals surface area contributed by atoms with Crippen LogP contribution in [0.1, 0.15) is 13.0 Å². The van der Waals surface area contributed by atoms with Gasteiger partial charge < -0.3 is 9.30 Å². The van der Waals surface area contributed by atoms with E-state index in [1.54, 1.807) is 31.2 Å². The smallest absolute Gasteiger partial charge is 0.260 e. The highest BCUT2D eigenvalue weighted by atomic mass is 35.5. The van der Waals surface area contributed by atoms with Crippen LogP contribution in [-0.4, -0.2) is 32.0 Å². The average Bonchev–Trinajstić information content (AvgIpc) is 2.80. The van der Waals surface area contributed by atoms with Gasteiger partial charge in [0.15, 0.2) is 11.3 Å². The van der Waals surface area contributed by atoms with Crippen molar-refractivity contribution in [3.8, 4) is 17.0 Å². The van der Waals surface area contributed by atoms with Gasteiger partial charge in [-0.05, 0) is 37.3 Å². The Morgan fingerprint density at radius 3 is 2.69 bits per heavy atom. The second kappa shape index (κ2) is 8.35. The van der Waals surface area contributed by atoms with Gasteiger partial charge in [-0.3, -0.25) is 30.1 Å². The van der Waals surface area contributed by atoms with Crippen LogP contribution in [0.4, 0.5) is 4.39 Å². The maximum Gasteiger partial charge on any atom is 0.260 e. The number of nitrogens with zero attached hydrogens (tertiary/aromatic N) is 4. The molecule has 0 saturated carbocycles. The lowest BCUT2D eigenvalue weighted by molar-refractivity contribution is 0.413. The van der Waals surface area contributed by atoms with Crippen molar-refractivity contribution in [3.63, 3.8) is 0 Å². The van der Waals surface area contributed by atoms with E-state index in [-0.39, 0.29) is 11.4 Å². The number of ether oxygens (including phenoxy) is 1. The molecule has 32 heavy (non-hydrogen) atoms. The van der Waals surface area contributed by atoms with Gasteiger partial charge in [0.05, 0.1) is 41.0 Å². The minimum atomic E-state index is -0.823.